The normalized spacial score (nSPS) is 20.8. The van der Waals surface area contributed by atoms with Crippen LogP contribution in [0.3, 0.4) is 0 Å². The van der Waals surface area contributed by atoms with Crippen molar-refractivity contribution in [2.75, 3.05) is 6.61 Å². The molecule has 0 spiro atoms. The second kappa shape index (κ2) is 6.53. The molecule has 0 aliphatic heterocycles. The van der Waals surface area contributed by atoms with Gasteiger partial charge in [0.25, 0.3) is 0 Å². The molecule has 2 nitrogen and oxygen atoms in total. The van der Waals surface area contributed by atoms with Crippen LogP contribution in [0.5, 0.6) is 0 Å². The largest absolute Gasteiger partial charge is 0.394 e. The van der Waals surface area contributed by atoms with Gasteiger partial charge in [-0.05, 0) is 32.3 Å². The molecule has 0 radical (unpaired) electrons. The lowest BCUT2D eigenvalue weighted by Crippen LogP contribution is -2.48. The lowest BCUT2D eigenvalue weighted by Gasteiger charge is -2.34. The van der Waals surface area contributed by atoms with E-state index in [-0.39, 0.29) is 12.1 Å². The van der Waals surface area contributed by atoms with Crippen molar-refractivity contribution in [1.29, 1.82) is 0 Å². The SMILES string of the molecule is Cc1ccc(C(C)(CO)NC2CCCCCC2)cc1. The van der Waals surface area contributed by atoms with E-state index in [9.17, 15) is 5.11 Å². The topological polar surface area (TPSA) is 32.3 Å². The molecule has 19 heavy (non-hydrogen) atoms. The number of aliphatic hydroxyl groups excluding tert-OH is 1. The summed E-state index contributed by atoms with van der Waals surface area (Å²) in [6.07, 6.45) is 7.82. The number of hydrogen-bond donors (Lipinski definition) is 2. The van der Waals surface area contributed by atoms with Crippen molar-refractivity contribution < 1.29 is 5.11 Å². The van der Waals surface area contributed by atoms with Crippen LogP contribution in [-0.2, 0) is 5.54 Å². The summed E-state index contributed by atoms with van der Waals surface area (Å²) in [5.41, 5.74) is 2.13. The van der Waals surface area contributed by atoms with E-state index in [1.54, 1.807) is 0 Å². The van der Waals surface area contributed by atoms with Gasteiger partial charge in [0.2, 0.25) is 0 Å². The van der Waals surface area contributed by atoms with Crippen LogP contribution in [-0.4, -0.2) is 17.8 Å². The third-order valence-electron chi connectivity index (χ3n) is 4.38. The number of rotatable bonds is 4. The fourth-order valence-corrected chi connectivity index (χ4v) is 3.02. The molecule has 2 rings (SSSR count). The van der Waals surface area contributed by atoms with Gasteiger partial charge in [-0.15, -0.1) is 0 Å². The van der Waals surface area contributed by atoms with Crippen LogP contribution in [0.1, 0.15) is 56.6 Å². The molecule has 1 aromatic carbocycles. The van der Waals surface area contributed by atoms with E-state index in [1.165, 1.54) is 49.7 Å². The molecule has 1 fully saturated rings. The molecule has 0 saturated heterocycles. The van der Waals surface area contributed by atoms with Crippen LogP contribution >= 0.6 is 0 Å². The summed E-state index contributed by atoms with van der Waals surface area (Å²) < 4.78 is 0. The van der Waals surface area contributed by atoms with Gasteiger partial charge in [-0.25, -0.2) is 0 Å². The van der Waals surface area contributed by atoms with Crippen molar-refractivity contribution in [3.05, 3.63) is 35.4 Å². The van der Waals surface area contributed by atoms with Crippen molar-refractivity contribution >= 4 is 0 Å². The number of aryl methyl sites for hydroxylation is 1. The van der Waals surface area contributed by atoms with Gasteiger partial charge in [0.1, 0.15) is 0 Å². The van der Waals surface area contributed by atoms with Gasteiger partial charge in [0.05, 0.1) is 12.1 Å². The minimum Gasteiger partial charge on any atom is -0.394 e. The fourth-order valence-electron chi connectivity index (χ4n) is 3.02. The first-order valence-corrected chi connectivity index (χ1v) is 7.60. The highest BCUT2D eigenvalue weighted by atomic mass is 16.3. The average molecular weight is 261 g/mol. The Balaban J connectivity index is 2.10. The number of aliphatic hydroxyl groups is 1. The van der Waals surface area contributed by atoms with Gasteiger partial charge >= 0.3 is 0 Å². The van der Waals surface area contributed by atoms with Gasteiger partial charge in [-0.3, -0.25) is 0 Å². The molecule has 1 saturated carbocycles. The number of nitrogens with one attached hydrogen (secondary N) is 1. The smallest absolute Gasteiger partial charge is 0.0652 e. The predicted molar refractivity (Wildman–Crippen MR) is 80.2 cm³/mol. The first-order chi connectivity index (χ1) is 9.14. The van der Waals surface area contributed by atoms with Crippen LogP contribution < -0.4 is 5.32 Å². The van der Waals surface area contributed by atoms with Crippen LogP contribution in [0.4, 0.5) is 0 Å². The molecule has 1 aromatic rings. The molecule has 0 heterocycles. The van der Waals surface area contributed by atoms with Crippen LogP contribution in [0.15, 0.2) is 24.3 Å². The summed E-state index contributed by atoms with van der Waals surface area (Å²) in [5.74, 6) is 0. The van der Waals surface area contributed by atoms with E-state index in [0.29, 0.717) is 6.04 Å². The second-order valence-electron chi connectivity index (χ2n) is 6.19. The van der Waals surface area contributed by atoms with E-state index in [1.807, 2.05) is 0 Å². The van der Waals surface area contributed by atoms with E-state index in [2.05, 4.69) is 43.4 Å². The molecule has 0 bridgehead atoms. The summed E-state index contributed by atoms with van der Waals surface area (Å²) in [5, 5.41) is 13.6. The molecule has 1 aliphatic carbocycles. The Bertz CT molecular complexity index is 379. The van der Waals surface area contributed by atoms with Gasteiger partial charge in [-0.2, -0.15) is 0 Å². The van der Waals surface area contributed by atoms with Gasteiger partial charge in [0.15, 0.2) is 0 Å². The lowest BCUT2D eigenvalue weighted by atomic mass is 9.90. The molecule has 2 N–H and O–H groups in total. The maximum atomic E-state index is 9.85. The second-order valence-corrected chi connectivity index (χ2v) is 6.19. The molecular weight excluding hydrogens is 234 g/mol. The minimum atomic E-state index is -0.317. The van der Waals surface area contributed by atoms with E-state index < -0.39 is 0 Å². The quantitative estimate of drug-likeness (QED) is 0.813. The van der Waals surface area contributed by atoms with E-state index in [0.717, 1.165) is 0 Å². The monoisotopic (exact) mass is 261 g/mol. The molecule has 106 valence electrons. The molecular formula is C17H27NO. The Morgan fingerprint density at radius 1 is 1.11 bits per heavy atom. The maximum Gasteiger partial charge on any atom is 0.0652 e. The Morgan fingerprint density at radius 2 is 1.68 bits per heavy atom. The lowest BCUT2D eigenvalue weighted by molar-refractivity contribution is 0.157. The van der Waals surface area contributed by atoms with Crippen molar-refractivity contribution in [2.24, 2.45) is 0 Å². The fraction of sp³-hybridized carbons (Fsp3) is 0.647. The van der Waals surface area contributed by atoms with Gasteiger partial charge in [-0.1, -0.05) is 55.5 Å². The van der Waals surface area contributed by atoms with Crippen molar-refractivity contribution in [2.45, 2.75) is 64.0 Å². The standard InChI is InChI=1S/C17H27NO/c1-14-9-11-15(12-10-14)17(2,13-19)18-16-7-5-3-4-6-8-16/h9-12,16,18-19H,3-8,13H2,1-2H3. The zero-order valence-corrected chi connectivity index (χ0v) is 12.3. The first-order valence-electron chi connectivity index (χ1n) is 7.60. The Hall–Kier alpha value is -0.860. The number of hydrogen-bond acceptors (Lipinski definition) is 2. The van der Waals surface area contributed by atoms with Crippen molar-refractivity contribution in [3.63, 3.8) is 0 Å². The molecule has 1 unspecified atom stereocenters. The summed E-state index contributed by atoms with van der Waals surface area (Å²) in [4.78, 5) is 0. The summed E-state index contributed by atoms with van der Waals surface area (Å²) in [7, 11) is 0. The molecule has 2 heteroatoms. The molecule has 1 atom stereocenters. The Morgan fingerprint density at radius 3 is 2.21 bits per heavy atom. The van der Waals surface area contributed by atoms with Crippen LogP contribution in [0.2, 0.25) is 0 Å². The summed E-state index contributed by atoms with van der Waals surface area (Å²) in [6, 6.07) is 9.06. The van der Waals surface area contributed by atoms with E-state index in [4.69, 9.17) is 0 Å². The first kappa shape index (κ1) is 14.5. The van der Waals surface area contributed by atoms with Crippen LogP contribution in [0.25, 0.3) is 0 Å². The maximum absolute atomic E-state index is 9.85. The highest BCUT2D eigenvalue weighted by Gasteiger charge is 2.28. The minimum absolute atomic E-state index is 0.145. The van der Waals surface area contributed by atoms with Gasteiger partial charge < -0.3 is 10.4 Å². The van der Waals surface area contributed by atoms with Gasteiger partial charge in [0, 0.05) is 6.04 Å². The third-order valence-corrected chi connectivity index (χ3v) is 4.38. The predicted octanol–water partition coefficient (Wildman–Crippen LogP) is 3.51. The zero-order chi connectivity index (χ0) is 13.7. The average Bonchev–Trinajstić information content (AvgIpc) is 2.68. The van der Waals surface area contributed by atoms with Crippen molar-refractivity contribution in [3.8, 4) is 0 Å². The third kappa shape index (κ3) is 3.80. The number of benzene rings is 1. The molecule has 1 aliphatic rings. The molecule has 0 amide bonds. The highest BCUT2D eigenvalue weighted by molar-refractivity contribution is 5.27. The Kier molecular flexibility index (Phi) is 5.00. The zero-order valence-electron chi connectivity index (χ0n) is 12.3. The summed E-state index contributed by atoms with van der Waals surface area (Å²) in [6.45, 7) is 4.36. The van der Waals surface area contributed by atoms with Crippen molar-refractivity contribution in [1.82, 2.24) is 5.32 Å². The van der Waals surface area contributed by atoms with E-state index >= 15 is 0 Å². The molecule has 0 aromatic heterocycles. The highest BCUT2D eigenvalue weighted by Crippen LogP contribution is 2.25. The Labute approximate surface area is 117 Å². The van der Waals surface area contributed by atoms with Crippen LogP contribution in [0, 0.1) is 6.92 Å². The summed E-state index contributed by atoms with van der Waals surface area (Å²) >= 11 is 0.